The molecule has 9 aromatic rings. The first-order valence-corrected chi connectivity index (χ1v) is 29.8. The lowest BCUT2D eigenvalue weighted by molar-refractivity contribution is 0.0696. The van der Waals surface area contributed by atoms with Crippen LogP contribution in [0.4, 0.5) is 17.1 Å². The third kappa shape index (κ3) is 16.4. The van der Waals surface area contributed by atoms with Gasteiger partial charge >= 0.3 is 5.97 Å². The molecule has 0 saturated carbocycles. The maximum atomic E-state index is 11.5. The summed E-state index contributed by atoms with van der Waals surface area (Å²) >= 11 is 0. The van der Waals surface area contributed by atoms with Gasteiger partial charge in [-0.05, 0) is 149 Å². The number of rotatable bonds is 20. The van der Waals surface area contributed by atoms with Crippen molar-refractivity contribution >= 4 is 44.6 Å². The van der Waals surface area contributed by atoms with Crippen LogP contribution in [-0.4, -0.2) is 24.3 Å². The molecule has 0 bridgehead atoms. The lowest BCUT2D eigenvalue weighted by atomic mass is 9.91. The van der Waals surface area contributed by atoms with Crippen molar-refractivity contribution in [2.75, 3.05) is 18.1 Å². The number of para-hydroxylation sites is 2. The van der Waals surface area contributed by atoms with Crippen molar-refractivity contribution < 1.29 is 19.4 Å². The van der Waals surface area contributed by atoms with E-state index >= 15 is 0 Å². The number of carbonyl (C=O) groups is 1. The van der Waals surface area contributed by atoms with E-state index in [9.17, 15) is 9.90 Å². The van der Waals surface area contributed by atoms with Gasteiger partial charge in [-0.15, -0.1) is 0 Å². The molecule has 5 heteroatoms. The molecule has 1 N–H and O–H groups in total. The maximum Gasteiger partial charge on any atom is 0.335 e. The molecule has 0 spiro atoms. The highest BCUT2D eigenvalue weighted by molar-refractivity contribution is 6.10. The van der Waals surface area contributed by atoms with Crippen molar-refractivity contribution in [3.05, 3.63) is 244 Å². The Hall–Kier alpha value is -9.39. The molecule has 2 atom stereocenters. The molecule has 0 saturated heterocycles. The highest BCUT2D eigenvalue weighted by Crippen LogP contribution is 2.36. The maximum absolute atomic E-state index is 11.5. The fraction of sp³-hybridized carbons (Fsp3) is 0.253. The molecule has 0 aliphatic rings. The van der Waals surface area contributed by atoms with Crippen molar-refractivity contribution in [3.63, 3.8) is 0 Å². The average Bonchev–Trinajstić information content (AvgIpc) is 1.57. The quantitative estimate of drug-likeness (QED) is 0.0609. The number of hydrogen-bond acceptors (Lipinski definition) is 4. The molecule has 0 radical (unpaired) electrons. The number of fused-ring (bicyclic) bond motifs is 2. The van der Waals surface area contributed by atoms with Crippen LogP contribution in [-0.2, 0) is 0 Å². The number of carboxylic acids is 1. The largest absolute Gasteiger partial charge is 0.492 e. The van der Waals surface area contributed by atoms with Crippen molar-refractivity contribution in [1.82, 2.24) is 0 Å². The van der Waals surface area contributed by atoms with Crippen LogP contribution in [0.1, 0.15) is 148 Å². The Morgan fingerprint density at radius 3 is 1.23 bits per heavy atom. The van der Waals surface area contributed by atoms with E-state index in [1.54, 1.807) is 24.3 Å². The summed E-state index contributed by atoms with van der Waals surface area (Å²) in [6.45, 7) is 15.0. The Labute approximate surface area is 499 Å². The smallest absolute Gasteiger partial charge is 0.335 e. The van der Waals surface area contributed by atoms with Gasteiger partial charge in [0.25, 0.3) is 0 Å². The summed E-state index contributed by atoms with van der Waals surface area (Å²) in [5.74, 6) is 30.5. The Balaban J connectivity index is 1.08. The van der Waals surface area contributed by atoms with Gasteiger partial charge in [-0.2, -0.15) is 0 Å². The van der Waals surface area contributed by atoms with Gasteiger partial charge in [0.2, 0.25) is 0 Å². The minimum Gasteiger partial charge on any atom is -0.492 e. The van der Waals surface area contributed by atoms with Crippen LogP contribution in [0, 0.1) is 71.0 Å². The normalized spacial score (nSPS) is 11.5. The van der Waals surface area contributed by atoms with E-state index in [4.69, 9.17) is 9.47 Å². The summed E-state index contributed by atoms with van der Waals surface area (Å²) in [5, 5.41) is 13.5. The summed E-state index contributed by atoms with van der Waals surface area (Å²) < 4.78 is 13.7. The predicted molar refractivity (Wildman–Crippen MR) is 349 cm³/mol. The van der Waals surface area contributed by atoms with Gasteiger partial charge in [0.1, 0.15) is 11.5 Å². The van der Waals surface area contributed by atoms with E-state index in [2.05, 4.69) is 227 Å². The lowest BCUT2D eigenvalue weighted by Gasteiger charge is -2.25. The molecule has 0 amide bonds. The average molecular weight is 1100 g/mol. The van der Waals surface area contributed by atoms with Gasteiger partial charge in [0.05, 0.1) is 29.9 Å². The highest BCUT2D eigenvalue weighted by atomic mass is 16.5. The Morgan fingerprint density at radius 2 is 0.774 bits per heavy atom. The molecule has 9 rings (SSSR count). The number of aromatic carboxylic acids is 1. The summed E-state index contributed by atoms with van der Waals surface area (Å²) in [6.07, 6.45) is 9.06. The molecule has 420 valence electrons. The molecule has 0 aliphatic heterocycles. The summed E-state index contributed by atoms with van der Waals surface area (Å²) in [4.78, 5) is 13.7. The fourth-order valence-electron chi connectivity index (χ4n) is 10.4. The minimum atomic E-state index is -0.978. The highest BCUT2D eigenvalue weighted by Gasteiger charge is 2.17. The zero-order valence-electron chi connectivity index (χ0n) is 49.5. The zero-order chi connectivity index (χ0) is 58.6. The first-order chi connectivity index (χ1) is 40.9. The van der Waals surface area contributed by atoms with Gasteiger partial charge in [0.15, 0.2) is 0 Å². The van der Waals surface area contributed by atoms with E-state index in [0.29, 0.717) is 53.9 Å². The van der Waals surface area contributed by atoms with Gasteiger partial charge < -0.3 is 19.5 Å². The van der Waals surface area contributed by atoms with Crippen molar-refractivity contribution in [3.8, 4) is 58.9 Å². The predicted octanol–water partition coefficient (Wildman–Crippen LogP) is 19.2. The second-order valence-corrected chi connectivity index (χ2v) is 22.8. The van der Waals surface area contributed by atoms with E-state index < -0.39 is 5.97 Å². The summed E-state index contributed by atoms with van der Waals surface area (Å²) in [5.41, 5.74) is 9.94. The standard InChI is InChI=1S/C79H75NO4/c1-57(2)20-17-22-59(5)50-52-83-77-56-66(78(84-53-51-60(6)23-18-21-58(3)4)55-65(77)44-40-63-41-46-70(47-42-63)80(68-26-9-7-10-27-68)69-28-11-8-12-29-69)45-49-76-73-32-15-13-30-71(73)75(72-31-14-16-33-74(72)76)48-43-62-36-34-61(35-37-62)38-39-64-24-19-25-67(54-64)79(81)82/h7-16,19,24-37,41-42,46-47,54-60H,17-18,20-23,50-53H2,1-6H3,(H,81,82)/t59-,60-/m1/s1. The number of hydrogen-bond donors (Lipinski definition) is 1. The van der Waals surface area contributed by atoms with Crippen LogP contribution in [0.3, 0.4) is 0 Å². The topological polar surface area (TPSA) is 59.0 Å². The third-order valence-electron chi connectivity index (χ3n) is 15.2. The molecule has 0 fully saturated rings. The molecular weight excluding hydrogens is 1030 g/mol. The lowest BCUT2D eigenvalue weighted by Crippen LogP contribution is -2.09. The summed E-state index contributed by atoms with van der Waals surface area (Å²) in [7, 11) is 0. The van der Waals surface area contributed by atoms with Gasteiger partial charge in [-0.25, -0.2) is 4.79 Å². The van der Waals surface area contributed by atoms with E-state index in [1.165, 1.54) is 32.1 Å². The van der Waals surface area contributed by atoms with Crippen LogP contribution in [0.15, 0.2) is 194 Å². The molecular formula is C79H75NO4. The Bertz CT molecular complexity index is 3850. The molecule has 9 aromatic carbocycles. The van der Waals surface area contributed by atoms with Crippen molar-refractivity contribution in [2.45, 2.75) is 92.9 Å². The van der Waals surface area contributed by atoms with Crippen LogP contribution in [0.5, 0.6) is 11.5 Å². The number of nitrogens with zero attached hydrogens (tertiary/aromatic N) is 1. The third-order valence-corrected chi connectivity index (χ3v) is 15.2. The van der Waals surface area contributed by atoms with Crippen LogP contribution < -0.4 is 14.4 Å². The first kappa shape index (κ1) is 59.2. The van der Waals surface area contributed by atoms with Crippen molar-refractivity contribution in [2.24, 2.45) is 23.7 Å². The Kier molecular flexibility index (Phi) is 20.8. The molecule has 0 unspecified atom stereocenters. The Morgan fingerprint density at radius 1 is 0.393 bits per heavy atom. The van der Waals surface area contributed by atoms with Crippen LogP contribution in [0.25, 0.3) is 21.5 Å². The van der Waals surface area contributed by atoms with Gasteiger partial charge in [-0.3, -0.25) is 0 Å². The first-order valence-electron chi connectivity index (χ1n) is 29.8. The summed E-state index contributed by atoms with van der Waals surface area (Å²) in [6, 6.07) is 64.7. The number of carboxylic acid groups (broad SMARTS) is 1. The SMILES string of the molecule is CC(C)CCC[C@@H](C)CCOc1cc(C#Cc2c3ccccc3c(C#Cc3ccc(C#Cc4cccc(C(=O)O)c4)cc3)c3ccccc23)c(OCC[C@H](C)CCCC(C)C)cc1C#Cc1ccc(N(c2ccccc2)c2ccccc2)cc1. The monoisotopic (exact) mass is 1100 g/mol. The molecule has 0 aliphatic carbocycles. The number of anilines is 3. The van der Waals surface area contributed by atoms with Gasteiger partial charge in [-0.1, -0.05) is 218 Å². The molecule has 0 aromatic heterocycles. The zero-order valence-corrected chi connectivity index (χ0v) is 49.5. The van der Waals surface area contributed by atoms with E-state index in [1.807, 2.05) is 36.4 Å². The second-order valence-electron chi connectivity index (χ2n) is 22.8. The number of benzene rings is 9. The van der Waals surface area contributed by atoms with E-state index in [-0.39, 0.29) is 5.56 Å². The minimum absolute atomic E-state index is 0.208. The molecule has 5 nitrogen and oxygen atoms in total. The van der Waals surface area contributed by atoms with Crippen LogP contribution in [0.2, 0.25) is 0 Å². The number of ether oxygens (including phenoxy) is 2. The van der Waals surface area contributed by atoms with Crippen LogP contribution >= 0.6 is 0 Å². The molecule has 84 heavy (non-hydrogen) atoms. The van der Waals surface area contributed by atoms with E-state index in [0.717, 1.165) is 96.8 Å². The molecule has 0 heterocycles. The fourth-order valence-corrected chi connectivity index (χ4v) is 10.4. The second kappa shape index (κ2) is 29.5. The van der Waals surface area contributed by atoms with Gasteiger partial charge in [0, 0.05) is 62.6 Å². The van der Waals surface area contributed by atoms with Crippen molar-refractivity contribution in [1.29, 1.82) is 0 Å².